The number of pyridine rings is 2. The fourth-order valence-electron chi connectivity index (χ4n) is 3.27. The van der Waals surface area contributed by atoms with Crippen LogP contribution in [0.25, 0.3) is 22.5 Å². The van der Waals surface area contributed by atoms with E-state index >= 15 is 0 Å². The van der Waals surface area contributed by atoms with Crippen LogP contribution in [0.3, 0.4) is 0 Å². The molecule has 1 fully saturated rings. The Hall–Kier alpha value is -4.37. The molecule has 1 N–H and O–H groups in total. The second-order valence-electron chi connectivity index (χ2n) is 7.73. The van der Waals surface area contributed by atoms with Crippen molar-refractivity contribution in [3.8, 4) is 40.1 Å². The van der Waals surface area contributed by atoms with Crippen molar-refractivity contribution in [2.75, 3.05) is 12.4 Å². The number of alkyl halides is 2. The van der Waals surface area contributed by atoms with E-state index < -0.39 is 18.0 Å². The summed E-state index contributed by atoms with van der Waals surface area (Å²) in [5, 5.41) is 11.4. The summed E-state index contributed by atoms with van der Waals surface area (Å²) < 4.78 is 32.3. The molecule has 36 heavy (non-hydrogen) atoms. The summed E-state index contributed by atoms with van der Waals surface area (Å²) in [4.78, 5) is 29.5. The summed E-state index contributed by atoms with van der Waals surface area (Å²) in [7, 11) is 1.39. The molecule has 4 heterocycles. The third-order valence-electron chi connectivity index (χ3n) is 5.22. The van der Waals surface area contributed by atoms with E-state index in [9.17, 15) is 13.6 Å². The second kappa shape index (κ2) is 10.1. The highest BCUT2D eigenvalue weighted by atomic mass is 32.1. The molecule has 5 rings (SSSR count). The van der Waals surface area contributed by atoms with E-state index in [2.05, 4.69) is 47.3 Å². The van der Waals surface area contributed by atoms with Gasteiger partial charge >= 0.3 is 0 Å². The molecule has 4 aromatic heterocycles. The second-order valence-corrected chi connectivity index (χ2v) is 8.71. The molecule has 0 spiro atoms. The number of rotatable bonds is 6. The van der Waals surface area contributed by atoms with Crippen LogP contribution < -0.4 is 10.1 Å². The minimum absolute atomic E-state index is 0.110. The highest BCUT2D eigenvalue weighted by Gasteiger charge is 2.22. The summed E-state index contributed by atoms with van der Waals surface area (Å²) in [6.07, 6.45) is 4.80. The lowest BCUT2D eigenvalue weighted by molar-refractivity contribution is 0.102. The van der Waals surface area contributed by atoms with Gasteiger partial charge in [-0.1, -0.05) is 17.3 Å². The third-order valence-corrected chi connectivity index (χ3v) is 5.98. The van der Waals surface area contributed by atoms with Gasteiger partial charge in [0.1, 0.15) is 17.8 Å². The van der Waals surface area contributed by atoms with Crippen LogP contribution in [0.5, 0.6) is 5.75 Å². The SMILES string of the molecule is COc1cnc(C(F)F)cc1-c1cc(-c2ccncn2)ncc1C(=O)Nc1nnc(C#CC2CC2)s1. The van der Waals surface area contributed by atoms with Gasteiger partial charge in [-0.05, 0) is 37.0 Å². The molecule has 0 unspecified atom stereocenters. The Morgan fingerprint density at radius 3 is 2.72 bits per heavy atom. The maximum absolute atomic E-state index is 13.5. The van der Waals surface area contributed by atoms with E-state index in [0.29, 0.717) is 27.9 Å². The van der Waals surface area contributed by atoms with Gasteiger partial charge in [-0.2, -0.15) is 0 Å². The van der Waals surface area contributed by atoms with E-state index in [1.165, 1.54) is 31.9 Å². The average Bonchev–Trinajstić information content (AvgIpc) is 3.64. The summed E-state index contributed by atoms with van der Waals surface area (Å²) in [6.45, 7) is 0. The van der Waals surface area contributed by atoms with E-state index in [1.54, 1.807) is 18.3 Å². The monoisotopic (exact) mass is 505 g/mol. The quantitative estimate of drug-likeness (QED) is 0.383. The average molecular weight is 506 g/mol. The lowest BCUT2D eigenvalue weighted by atomic mass is 9.98. The Labute approximate surface area is 208 Å². The van der Waals surface area contributed by atoms with Gasteiger partial charge in [0.05, 0.1) is 30.3 Å². The van der Waals surface area contributed by atoms with Crippen LogP contribution in [0.1, 0.15) is 40.3 Å². The molecule has 1 aliphatic carbocycles. The molecule has 0 aliphatic heterocycles. The first-order valence-corrected chi connectivity index (χ1v) is 11.6. The van der Waals surface area contributed by atoms with Crippen molar-refractivity contribution in [2.24, 2.45) is 5.92 Å². The third kappa shape index (κ3) is 5.16. The van der Waals surface area contributed by atoms with Gasteiger partial charge in [-0.25, -0.2) is 18.7 Å². The van der Waals surface area contributed by atoms with Crippen molar-refractivity contribution in [2.45, 2.75) is 19.3 Å². The van der Waals surface area contributed by atoms with Crippen LogP contribution in [0.15, 0.2) is 43.1 Å². The van der Waals surface area contributed by atoms with Gasteiger partial charge in [0.25, 0.3) is 12.3 Å². The highest BCUT2D eigenvalue weighted by molar-refractivity contribution is 7.15. The summed E-state index contributed by atoms with van der Waals surface area (Å²) in [5.74, 6) is 6.12. The lowest BCUT2D eigenvalue weighted by Gasteiger charge is -2.14. The summed E-state index contributed by atoms with van der Waals surface area (Å²) >= 11 is 1.14. The van der Waals surface area contributed by atoms with Crippen molar-refractivity contribution in [1.82, 2.24) is 30.1 Å². The Balaban J connectivity index is 1.55. The van der Waals surface area contributed by atoms with Crippen LogP contribution in [0.2, 0.25) is 0 Å². The normalized spacial score (nSPS) is 12.7. The van der Waals surface area contributed by atoms with Crippen LogP contribution in [0.4, 0.5) is 13.9 Å². The molecule has 0 bridgehead atoms. The highest BCUT2D eigenvalue weighted by Crippen LogP contribution is 2.36. The van der Waals surface area contributed by atoms with E-state index in [1.807, 2.05) is 0 Å². The molecular formula is C24H17F2N7O2S. The molecule has 0 saturated heterocycles. The van der Waals surface area contributed by atoms with Crippen molar-refractivity contribution in [3.63, 3.8) is 0 Å². The molecule has 9 nitrogen and oxygen atoms in total. The van der Waals surface area contributed by atoms with Gasteiger partial charge in [0.2, 0.25) is 5.13 Å². The van der Waals surface area contributed by atoms with Crippen molar-refractivity contribution in [1.29, 1.82) is 0 Å². The number of aromatic nitrogens is 6. The lowest BCUT2D eigenvalue weighted by Crippen LogP contribution is -2.14. The Bertz CT molecular complexity index is 1480. The van der Waals surface area contributed by atoms with Crippen molar-refractivity contribution in [3.05, 3.63) is 59.4 Å². The number of hydrogen-bond donors (Lipinski definition) is 1. The number of nitrogens with zero attached hydrogens (tertiary/aromatic N) is 6. The number of anilines is 1. The maximum Gasteiger partial charge on any atom is 0.280 e. The molecule has 0 atom stereocenters. The molecule has 1 amide bonds. The van der Waals surface area contributed by atoms with Crippen molar-refractivity contribution < 1.29 is 18.3 Å². The minimum atomic E-state index is -2.81. The number of carbonyl (C=O) groups excluding carboxylic acids is 1. The number of methoxy groups -OCH3 is 1. The maximum atomic E-state index is 13.5. The molecule has 1 saturated carbocycles. The first-order valence-electron chi connectivity index (χ1n) is 10.8. The predicted molar refractivity (Wildman–Crippen MR) is 127 cm³/mol. The van der Waals surface area contributed by atoms with E-state index in [0.717, 1.165) is 24.2 Å². The summed E-state index contributed by atoms with van der Waals surface area (Å²) in [6, 6.07) is 4.42. The summed E-state index contributed by atoms with van der Waals surface area (Å²) in [5.41, 5.74) is 1.10. The van der Waals surface area contributed by atoms with Gasteiger partial charge in [-0.3, -0.25) is 20.1 Å². The number of carbonyl (C=O) groups is 1. The minimum Gasteiger partial charge on any atom is -0.494 e. The Morgan fingerprint density at radius 2 is 2.00 bits per heavy atom. The van der Waals surface area contributed by atoms with Gasteiger partial charge in [0.15, 0.2) is 5.01 Å². The van der Waals surface area contributed by atoms with Crippen LogP contribution in [-0.2, 0) is 0 Å². The zero-order valence-electron chi connectivity index (χ0n) is 18.8. The smallest absolute Gasteiger partial charge is 0.280 e. The fraction of sp³-hybridized carbons (Fsp3) is 0.208. The Morgan fingerprint density at radius 1 is 1.14 bits per heavy atom. The van der Waals surface area contributed by atoms with E-state index in [4.69, 9.17) is 4.74 Å². The largest absolute Gasteiger partial charge is 0.494 e. The van der Waals surface area contributed by atoms with Gasteiger partial charge in [-0.15, -0.1) is 10.2 Å². The topological polar surface area (TPSA) is 116 Å². The number of amides is 1. The molecule has 1 aliphatic rings. The number of ether oxygens (including phenoxy) is 1. The van der Waals surface area contributed by atoms with Gasteiger partial charge < -0.3 is 4.74 Å². The van der Waals surface area contributed by atoms with Crippen LogP contribution in [-0.4, -0.2) is 43.2 Å². The zero-order valence-corrected chi connectivity index (χ0v) is 19.6. The Kier molecular flexibility index (Phi) is 6.55. The van der Waals surface area contributed by atoms with Crippen molar-refractivity contribution >= 4 is 22.4 Å². The molecule has 0 aromatic carbocycles. The molecule has 12 heteroatoms. The van der Waals surface area contributed by atoms with Crippen LogP contribution in [0, 0.1) is 17.8 Å². The standard InChI is InChI=1S/C24H17F2N7O2S/c1-35-20-11-29-19(22(25)26)9-15(20)14-8-18(17-6-7-27-12-30-17)28-10-16(14)23(34)31-24-33-32-21(36-24)5-4-13-2-3-13/h6-13,22H,2-3H2,1H3,(H,31,33,34). The molecular weight excluding hydrogens is 488 g/mol. The number of halogens is 2. The predicted octanol–water partition coefficient (Wildman–Crippen LogP) is 4.41. The molecule has 4 aromatic rings. The first-order chi connectivity index (χ1) is 17.5. The molecule has 180 valence electrons. The number of hydrogen-bond acceptors (Lipinski definition) is 9. The van der Waals surface area contributed by atoms with E-state index in [-0.39, 0.29) is 22.0 Å². The first kappa shape index (κ1) is 23.4. The van der Waals surface area contributed by atoms with Crippen LogP contribution >= 0.6 is 11.3 Å². The zero-order chi connectivity index (χ0) is 25.1. The fourth-order valence-corrected chi connectivity index (χ4v) is 3.87. The van der Waals surface area contributed by atoms with Gasteiger partial charge in [0, 0.05) is 29.4 Å². The molecule has 0 radical (unpaired) electrons. The number of nitrogens with one attached hydrogen (secondary N) is 1.